The predicted octanol–water partition coefficient (Wildman–Crippen LogP) is 3.14. The molecule has 0 bridgehead atoms. The molecule has 0 spiro atoms. The van der Waals surface area contributed by atoms with Crippen molar-refractivity contribution >= 4 is 6.09 Å². The van der Waals surface area contributed by atoms with Crippen molar-refractivity contribution in [2.45, 2.75) is 51.3 Å². The molecule has 1 aromatic carbocycles. The molecule has 5 heteroatoms. The normalized spacial score (nSPS) is 22.7. The molecule has 1 heterocycles. The van der Waals surface area contributed by atoms with E-state index in [1.54, 1.807) is 6.07 Å². The van der Waals surface area contributed by atoms with Crippen LogP contribution in [0.4, 0.5) is 9.18 Å². The number of carbonyl (C=O) groups excluding carboxylic acids is 1. The van der Waals surface area contributed by atoms with Crippen molar-refractivity contribution in [1.29, 1.82) is 0 Å². The molecule has 21 heavy (non-hydrogen) atoms. The van der Waals surface area contributed by atoms with Crippen LogP contribution in [0.2, 0.25) is 0 Å². The Morgan fingerprint density at radius 3 is 2.86 bits per heavy atom. The van der Waals surface area contributed by atoms with Crippen LogP contribution in [0.1, 0.15) is 45.2 Å². The second-order valence-electron chi connectivity index (χ2n) is 6.43. The van der Waals surface area contributed by atoms with Gasteiger partial charge >= 0.3 is 6.09 Å². The molecule has 2 rings (SSSR count). The highest BCUT2D eigenvalue weighted by Gasteiger charge is 2.26. The van der Waals surface area contributed by atoms with Crippen LogP contribution in [0.25, 0.3) is 0 Å². The predicted molar refractivity (Wildman–Crippen MR) is 79.5 cm³/mol. The zero-order chi connectivity index (χ0) is 15.5. The van der Waals surface area contributed by atoms with Crippen molar-refractivity contribution < 1.29 is 13.9 Å². The molecule has 1 amide bonds. The van der Waals surface area contributed by atoms with E-state index in [9.17, 15) is 9.18 Å². The SMILES string of the molecule is CC(C)(C)OC(=O)NC1CCNC(c2cccc(F)c2)C1. The van der Waals surface area contributed by atoms with Crippen LogP contribution in [-0.2, 0) is 4.74 Å². The Labute approximate surface area is 125 Å². The van der Waals surface area contributed by atoms with E-state index in [-0.39, 0.29) is 17.9 Å². The zero-order valence-electron chi connectivity index (χ0n) is 12.8. The maximum atomic E-state index is 13.3. The van der Waals surface area contributed by atoms with E-state index in [0.29, 0.717) is 0 Å². The van der Waals surface area contributed by atoms with E-state index in [0.717, 1.165) is 24.9 Å². The van der Waals surface area contributed by atoms with Gasteiger partial charge in [0.05, 0.1) is 0 Å². The van der Waals surface area contributed by atoms with Gasteiger partial charge in [-0.1, -0.05) is 12.1 Å². The Balaban J connectivity index is 1.93. The molecule has 1 fully saturated rings. The summed E-state index contributed by atoms with van der Waals surface area (Å²) in [6.45, 7) is 6.29. The van der Waals surface area contributed by atoms with Crippen LogP contribution < -0.4 is 10.6 Å². The molecule has 2 atom stereocenters. The highest BCUT2D eigenvalue weighted by molar-refractivity contribution is 5.68. The lowest BCUT2D eigenvalue weighted by molar-refractivity contribution is 0.0490. The Bertz CT molecular complexity index is 499. The molecule has 1 aliphatic heterocycles. The number of piperidine rings is 1. The molecule has 0 aromatic heterocycles. The topological polar surface area (TPSA) is 50.4 Å². The molecule has 1 aliphatic rings. The Morgan fingerprint density at radius 1 is 1.43 bits per heavy atom. The Kier molecular flexibility index (Phi) is 4.83. The Morgan fingerprint density at radius 2 is 2.19 bits per heavy atom. The Hall–Kier alpha value is -1.62. The maximum absolute atomic E-state index is 13.3. The number of ether oxygens (including phenoxy) is 1. The summed E-state index contributed by atoms with van der Waals surface area (Å²) in [6, 6.07) is 6.66. The summed E-state index contributed by atoms with van der Waals surface area (Å²) in [5.41, 5.74) is 0.407. The van der Waals surface area contributed by atoms with Crippen molar-refractivity contribution in [3.63, 3.8) is 0 Å². The summed E-state index contributed by atoms with van der Waals surface area (Å²) in [7, 11) is 0. The maximum Gasteiger partial charge on any atom is 0.407 e. The quantitative estimate of drug-likeness (QED) is 0.881. The summed E-state index contributed by atoms with van der Waals surface area (Å²) >= 11 is 0. The largest absolute Gasteiger partial charge is 0.444 e. The molecule has 1 saturated heterocycles. The lowest BCUT2D eigenvalue weighted by Gasteiger charge is -2.32. The van der Waals surface area contributed by atoms with E-state index < -0.39 is 11.7 Å². The van der Waals surface area contributed by atoms with E-state index in [1.807, 2.05) is 26.8 Å². The number of hydrogen-bond donors (Lipinski definition) is 2. The zero-order valence-corrected chi connectivity index (χ0v) is 12.8. The standard InChI is InChI=1S/C16H23FN2O2/c1-16(2,3)21-15(20)19-13-7-8-18-14(10-13)11-5-4-6-12(17)9-11/h4-6,9,13-14,18H,7-8,10H2,1-3H3,(H,19,20). The summed E-state index contributed by atoms with van der Waals surface area (Å²) in [6.07, 6.45) is 1.17. The second-order valence-corrected chi connectivity index (χ2v) is 6.43. The second kappa shape index (κ2) is 6.43. The molecule has 2 unspecified atom stereocenters. The number of halogens is 1. The van der Waals surface area contributed by atoms with Gasteiger partial charge in [-0.05, 0) is 57.9 Å². The smallest absolute Gasteiger partial charge is 0.407 e. The van der Waals surface area contributed by atoms with Crippen molar-refractivity contribution in [2.24, 2.45) is 0 Å². The van der Waals surface area contributed by atoms with Gasteiger partial charge in [-0.15, -0.1) is 0 Å². The highest BCUT2D eigenvalue weighted by Crippen LogP contribution is 2.24. The molecule has 0 saturated carbocycles. The average Bonchev–Trinajstić information content (AvgIpc) is 2.36. The molecule has 4 nitrogen and oxygen atoms in total. The van der Waals surface area contributed by atoms with Gasteiger partial charge in [0.25, 0.3) is 0 Å². The van der Waals surface area contributed by atoms with Crippen LogP contribution >= 0.6 is 0 Å². The number of rotatable bonds is 2. The van der Waals surface area contributed by atoms with E-state index in [1.165, 1.54) is 12.1 Å². The van der Waals surface area contributed by atoms with Crippen LogP contribution in [0.5, 0.6) is 0 Å². The van der Waals surface area contributed by atoms with Crippen LogP contribution in [-0.4, -0.2) is 24.3 Å². The number of nitrogens with one attached hydrogen (secondary N) is 2. The molecular formula is C16H23FN2O2. The number of benzene rings is 1. The summed E-state index contributed by atoms with van der Waals surface area (Å²) in [4.78, 5) is 11.8. The van der Waals surface area contributed by atoms with Gasteiger partial charge in [-0.2, -0.15) is 0 Å². The summed E-state index contributed by atoms with van der Waals surface area (Å²) in [5, 5.41) is 6.25. The van der Waals surface area contributed by atoms with E-state index in [4.69, 9.17) is 4.74 Å². The first kappa shape index (κ1) is 15.8. The van der Waals surface area contributed by atoms with Gasteiger partial charge < -0.3 is 15.4 Å². The molecule has 0 aliphatic carbocycles. The first-order valence-corrected chi connectivity index (χ1v) is 7.32. The van der Waals surface area contributed by atoms with E-state index >= 15 is 0 Å². The molecule has 0 radical (unpaired) electrons. The summed E-state index contributed by atoms with van der Waals surface area (Å²) < 4.78 is 18.6. The number of amides is 1. The third-order valence-electron chi connectivity index (χ3n) is 3.38. The third-order valence-corrected chi connectivity index (χ3v) is 3.38. The fourth-order valence-electron chi connectivity index (χ4n) is 2.50. The number of alkyl carbamates (subject to hydrolysis) is 1. The van der Waals surface area contributed by atoms with Gasteiger partial charge in [-0.3, -0.25) is 0 Å². The van der Waals surface area contributed by atoms with Gasteiger partial charge in [0.2, 0.25) is 0 Å². The minimum Gasteiger partial charge on any atom is -0.444 e. The number of carbonyl (C=O) groups is 1. The molecule has 2 N–H and O–H groups in total. The fourth-order valence-corrected chi connectivity index (χ4v) is 2.50. The average molecular weight is 294 g/mol. The van der Waals surface area contributed by atoms with Gasteiger partial charge in [-0.25, -0.2) is 9.18 Å². The monoisotopic (exact) mass is 294 g/mol. The first-order valence-electron chi connectivity index (χ1n) is 7.32. The van der Waals surface area contributed by atoms with E-state index in [2.05, 4.69) is 10.6 Å². The lowest BCUT2D eigenvalue weighted by atomic mass is 9.94. The van der Waals surface area contributed by atoms with Crippen LogP contribution in [0, 0.1) is 5.82 Å². The minimum absolute atomic E-state index is 0.0365. The summed E-state index contributed by atoms with van der Waals surface area (Å²) in [5.74, 6) is -0.239. The fraction of sp³-hybridized carbons (Fsp3) is 0.562. The third kappa shape index (κ3) is 5.01. The first-order chi connectivity index (χ1) is 9.83. The van der Waals surface area contributed by atoms with Crippen molar-refractivity contribution in [1.82, 2.24) is 10.6 Å². The van der Waals surface area contributed by atoms with Gasteiger partial charge in [0.15, 0.2) is 0 Å². The number of hydrogen-bond acceptors (Lipinski definition) is 3. The molecule has 1 aromatic rings. The van der Waals surface area contributed by atoms with Crippen molar-refractivity contribution in [2.75, 3.05) is 6.54 Å². The lowest BCUT2D eigenvalue weighted by Crippen LogP contribution is -2.45. The molecule has 116 valence electrons. The van der Waals surface area contributed by atoms with Gasteiger partial charge in [0.1, 0.15) is 11.4 Å². The van der Waals surface area contributed by atoms with Crippen molar-refractivity contribution in [3.8, 4) is 0 Å². The van der Waals surface area contributed by atoms with Crippen LogP contribution in [0.15, 0.2) is 24.3 Å². The van der Waals surface area contributed by atoms with Gasteiger partial charge in [0, 0.05) is 12.1 Å². The van der Waals surface area contributed by atoms with Crippen molar-refractivity contribution in [3.05, 3.63) is 35.6 Å². The highest BCUT2D eigenvalue weighted by atomic mass is 19.1. The minimum atomic E-state index is -0.501. The molecular weight excluding hydrogens is 271 g/mol. The van der Waals surface area contributed by atoms with Crippen LogP contribution in [0.3, 0.4) is 0 Å².